The van der Waals surface area contributed by atoms with E-state index >= 15 is 0 Å². The van der Waals surface area contributed by atoms with Crippen molar-refractivity contribution in [3.05, 3.63) is 29.8 Å². The summed E-state index contributed by atoms with van der Waals surface area (Å²) in [6.07, 6.45) is 4.77. The molecule has 6 heteroatoms. The normalized spacial score (nSPS) is 23.3. The number of thioether (sulfide) groups is 1. The van der Waals surface area contributed by atoms with Gasteiger partial charge in [-0.1, -0.05) is 42.8 Å². The molecule has 0 spiro atoms. The SMILES string of the molecule is Cc1ccccc1NC(=O)C[C@@H]1SC(=NC2CCCC2)NC1=O. The molecule has 0 aromatic heterocycles. The van der Waals surface area contributed by atoms with E-state index in [1.165, 1.54) is 24.6 Å². The van der Waals surface area contributed by atoms with Gasteiger partial charge < -0.3 is 10.6 Å². The molecule has 5 nitrogen and oxygen atoms in total. The van der Waals surface area contributed by atoms with Crippen molar-refractivity contribution in [2.24, 2.45) is 4.99 Å². The molecule has 1 saturated heterocycles. The number of nitrogens with zero attached hydrogens (tertiary/aromatic N) is 1. The molecular formula is C17H21N3O2S. The van der Waals surface area contributed by atoms with E-state index in [4.69, 9.17) is 0 Å². The molecule has 1 heterocycles. The molecule has 23 heavy (non-hydrogen) atoms. The highest BCUT2D eigenvalue weighted by molar-refractivity contribution is 8.15. The molecule has 3 rings (SSSR count). The molecule has 0 radical (unpaired) electrons. The van der Waals surface area contributed by atoms with Gasteiger partial charge in [0, 0.05) is 12.1 Å². The maximum atomic E-state index is 12.2. The average Bonchev–Trinajstić information content (AvgIpc) is 3.12. The van der Waals surface area contributed by atoms with Crippen LogP contribution in [0.15, 0.2) is 29.3 Å². The van der Waals surface area contributed by atoms with Gasteiger partial charge in [0.15, 0.2) is 5.17 Å². The minimum Gasteiger partial charge on any atom is -0.326 e. The molecule has 1 aliphatic carbocycles. The summed E-state index contributed by atoms with van der Waals surface area (Å²) in [5, 5.41) is 5.97. The fourth-order valence-electron chi connectivity index (χ4n) is 2.88. The number of amides is 2. The first-order valence-corrected chi connectivity index (χ1v) is 8.90. The molecule has 2 fully saturated rings. The number of nitrogens with one attached hydrogen (secondary N) is 2. The van der Waals surface area contributed by atoms with Crippen molar-refractivity contribution in [3.8, 4) is 0 Å². The predicted octanol–water partition coefficient (Wildman–Crippen LogP) is 2.85. The van der Waals surface area contributed by atoms with Crippen molar-refractivity contribution in [3.63, 3.8) is 0 Å². The van der Waals surface area contributed by atoms with Crippen LogP contribution in [-0.4, -0.2) is 28.3 Å². The van der Waals surface area contributed by atoms with Crippen molar-refractivity contribution in [2.45, 2.75) is 50.3 Å². The Morgan fingerprint density at radius 1 is 1.35 bits per heavy atom. The van der Waals surface area contributed by atoms with E-state index in [1.807, 2.05) is 31.2 Å². The Bertz CT molecular complexity index is 638. The lowest BCUT2D eigenvalue weighted by atomic mass is 10.2. The number of hydrogen-bond acceptors (Lipinski definition) is 4. The van der Waals surface area contributed by atoms with Crippen LogP contribution >= 0.6 is 11.8 Å². The van der Waals surface area contributed by atoms with E-state index in [1.54, 1.807) is 0 Å². The standard InChI is InChI=1S/C17H21N3O2S/c1-11-6-2-5-9-13(11)19-15(21)10-14-16(22)20-17(23-14)18-12-7-3-4-8-12/h2,5-6,9,12,14H,3-4,7-8,10H2,1H3,(H,19,21)(H,18,20,22)/t14-/m0/s1. The van der Waals surface area contributed by atoms with Crippen LogP contribution in [0, 0.1) is 6.92 Å². The maximum absolute atomic E-state index is 12.2. The van der Waals surface area contributed by atoms with Crippen molar-refractivity contribution in [1.82, 2.24) is 5.32 Å². The van der Waals surface area contributed by atoms with Crippen molar-refractivity contribution >= 4 is 34.4 Å². The van der Waals surface area contributed by atoms with E-state index < -0.39 is 0 Å². The summed E-state index contributed by atoms with van der Waals surface area (Å²) in [4.78, 5) is 28.8. The van der Waals surface area contributed by atoms with Crippen LogP contribution in [0.5, 0.6) is 0 Å². The van der Waals surface area contributed by atoms with Gasteiger partial charge in [0.05, 0.1) is 6.04 Å². The van der Waals surface area contributed by atoms with Gasteiger partial charge in [-0.3, -0.25) is 14.6 Å². The van der Waals surface area contributed by atoms with Crippen LogP contribution in [0.25, 0.3) is 0 Å². The van der Waals surface area contributed by atoms with E-state index in [0.29, 0.717) is 11.2 Å². The third kappa shape index (κ3) is 4.13. The predicted molar refractivity (Wildman–Crippen MR) is 93.6 cm³/mol. The van der Waals surface area contributed by atoms with Gasteiger partial charge in [0.2, 0.25) is 11.8 Å². The van der Waals surface area contributed by atoms with Gasteiger partial charge in [0.25, 0.3) is 0 Å². The number of carbonyl (C=O) groups excluding carboxylic acids is 2. The topological polar surface area (TPSA) is 70.6 Å². The first-order valence-electron chi connectivity index (χ1n) is 8.02. The maximum Gasteiger partial charge on any atom is 0.240 e. The molecule has 1 saturated carbocycles. The Labute approximate surface area is 140 Å². The third-order valence-corrected chi connectivity index (χ3v) is 5.29. The van der Waals surface area contributed by atoms with E-state index in [2.05, 4.69) is 15.6 Å². The smallest absolute Gasteiger partial charge is 0.240 e. The third-order valence-electron chi connectivity index (χ3n) is 4.19. The lowest BCUT2D eigenvalue weighted by molar-refractivity contribution is -0.122. The lowest BCUT2D eigenvalue weighted by Gasteiger charge is -2.09. The Hall–Kier alpha value is -1.82. The largest absolute Gasteiger partial charge is 0.326 e. The Balaban J connectivity index is 1.56. The number of carbonyl (C=O) groups is 2. The second-order valence-electron chi connectivity index (χ2n) is 6.04. The van der Waals surface area contributed by atoms with Crippen LogP contribution < -0.4 is 10.6 Å². The zero-order valence-electron chi connectivity index (χ0n) is 13.2. The molecule has 2 N–H and O–H groups in total. The summed E-state index contributed by atoms with van der Waals surface area (Å²) < 4.78 is 0. The first-order chi connectivity index (χ1) is 11.1. The molecule has 1 atom stereocenters. The fourth-order valence-corrected chi connectivity index (χ4v) is 3.92. The molecule has 2 amide bonds. The second-order valence-corrected chi connectivity index (χ2v) is 7.23. The number of benzene rings is 1. The number of rotatable bonds is 4. The Morgan fingerprint density at radius 3 is 2.83 bits per heavy atom. The van der Waals surface area contributed by atoms with Crippen molar-refractivity contribution in [1.29, 1.82) is 0 Å². The Morgan fingerprint density at radius 2 is 2.09 bits per heavy atom. The summed E-state index contributed by atoms with van der Waals surface area (Å²) in [5.74, 6) is -0.263. The van der Waals surface area contributed by atoms with E-state index in [9.17, 15) is 9.59 Å². The highest BCUT2D eigenvalue weighted by Gasteiger charge is 2.32. The van der Waals surface area contributed by atoms with Crippen molar-refractivity contribution < 1.29 is 9.59 Å². The monoisotopic (exact) mass is 331 g/mol. The quantitative estimate of drug-likeness (QED) is 0.891. The molecule has 122 valence electrons. The van der Waals surface area contributed by atoms with Crippen LogP contribution in [-0.2, 0) is 9.59 Å². The van der Waals surface area contributed by atoms with Crippen molar-refractivity contribution in [2.75, 3.05) is 5.32 Å². The van der Waals surface area contributed by atoms with Gasteiger partial charge in [-0.05, 0) is 31.4 Å². The minimum atomic E-state index is -0.390. The van der Waals surface area contributed by atoms with Gasteiger partial charge in [-0.2, -0.15) is 0 Å². The average molecular weight is 331 g/mol. The fraction of sp³-hybridized carbons (Fsp3) is 0.471. The second kappa shape index (κ2) is 7.17. The lowest BCUT2D eigenvalue weighted by Crippen LogP contribution is -2.28. The zero-order chi connectivity index (χ0) is 16.2. The number of aryl methyl sites for hydroxylation is 1. The zero-order valence-corrected chi connectivity index (χ0v) is 14.0. The Kier molecular flexibility index (Phi) is 5.00. The molecule has 2 aliphatic rings. The molecular weight excluding hydrogens is 310 g/mol. The molecule has 0 unspecified atom stereocenters. The van der Waals surface area contributed by atoms with Gasteiger partial charge in [0.1, 0.15) is 5.25 Å². The summed E-state index contributed by atoms with van der Waals surface area (Å²) in [7, 11) is 0. The number of hydrogen-bond donors (Lipinski definition) is 2. The summed E-state index contributed by atoms with van der Waals surface area (Å²) in [5.41, 5.74) is 1.80. The van der Waals surface area contributed by atoms with Crippen LogP contribution in [0.2, 0.25) is 0 Å². The van der Waals surface area contributed by atoms with Crippen LogP contribution in [0.4, 0.5) is 5.69 Å². The summed E-state index contributed by atoms with van der Waals surface area (Å²) in [6, 6.07) is 7.95. The molecule has 1 aromatic rings. The van der Waals surface area contributed by atoms with Crippen LogP contribution in [0.3, 0.4) is 0 Å². The molecule has 1 aliphatic heterocycles. The van der Waals surface area contributed by atoms with Gasteiger partial charge in [-0.15, -0.1) is 0 Å². The highest BCUT2D eigenvalue weighted by atomic mass is 32.2. The number of para-hydroxylation sites is 1. The van der Waals surface area contributed by atoms with Gasteiger partial charge in [-0.25, -0.2) is 0 Å². The number of amidine groups is 1. The number of anilines is 1. The molecule has 1 aromatic carbocycles. The summed E-state index contributed by atoms with van der Waals surface area (Å²) in [6.45, 7) is 1.94. The molecule has 0 bridgehead atoms. The highest BCUT2D eigenvalue weighted by Crippen LogP contribution is 2.27. The van der Waals surface area contributed by atoms with Gasteiger partial charge >= 0.3 is 0 Å². The van der Waals surface area contributed by atoms with Crippen LogP contribution in [0.1, 0.15) is 37.7 Å². The summed E-state index contributed by atoms with van der Waals surface area (Å²) >= 11 is 1.38. The minimum absolute atomic E-state index is 0.119. The number of aliphatic imine (C=N–C) groups is 1. The first kappa shape index (κ1) is 16.1. The van der Waals surface area contributed by atoms with E-state index in [-0.39, 0.29) is 23.5 Å². The van der Waals surface area contributed by atoms with E-state index in [0.717, 1.165) is 24.1 Å².